The summed E-state index contributed by atoms with van der Waals surface area (Å²) in [7, 11) is 0. The van der Waals surface area contributed by atoms with Gasteiger partial charge in [-0.3, -0.25) is 0 Å². The zero-order valence-corrected chi connectivity index (χ0v) is 10.4. The molecule has 1 aromatic carbocycles. The highest BCUT2D eigenvalue weighted by atomic mass is 14.9. The van der Waals surface area contributed by atoms with E-state index < -0.39 is 0 Å². The second-order valence-corrected chi connectivity index (χ2v) is 4.50. The van der Waals surface area contributed by atoms with E-state index in [9.17, 15) is 0 Å². The van der Waals surface area contributed by atoms with Crippen LogP contribution in [-0.2, 0) is 0 Å². The van der Waals surface area contributed by atoms with Crippen LogP contribution in [0.3, 0.4) is 0 Å². The molecule has 0 saturated heterocycles. The Morgan fingerprint density at radius 3 is 2.47 bits per heavy atom. The van der Waals surface area contributed by atoms with Crippen LogP contribution in [0.25, 0.3) is 11.4 Å². The van der Waals surface area contributed by atoms with Crippen molar-refractivity contribution in [2.45, 2.75) is 26.7 Å². The molecule has 3 nitrogen and oxygen atoms in total. The first-order valence-corrected chi connectivity index (χ1v) is 5.78. The lowest BCUT2D eigenvalue weighted by molar-refractivity contribution is 0.812. The fourth-order valence-corrected chi connectivity index (χ4v) is 1.71. The van der Waals surface area contributed by atoms with Crippen LogP contribution in [0.2, 0.25) is 0 Å². The molecule has 2 N–H and O–H groups in total. The number of nitrogens with zero attached hydrogens (tertiary/aromatic N) is 2. The molecule has 0 atom stereocenters. The minimum absolute atomic E-state index is 0.389. The van der Waals surface area contributed by atoms with Gasteiger partial charge in [-0.05, 0) is 31.0 Å². The second kappa shape index (κ2) is 4.53. The number of nitrogens with two attached hydrogens (primary N) is 1. The van der Waals surface area contributed by atoms with E-state index in [2.05, 4.69) is 23.8 Å². The van der Waals surface area contributed by atoms with Gasteiger partial charge in [-0.2, -0.15) is 0 Å². The third-order valence-corrected chi connectivity index (χ3v) is 2.67. The lowest BCUT2D eigenvalue weighted by Crippen LogP contribution is -2.01. The molecule has 0 unspecified atom stereocenters. The largest absolute Gasteiger partial charge is 0.398 e. The summed E-state index contributed by atoms with van der Waals surface area (Å²) in [6.45, 7) is 6.23. The molecule has 0 saturated carbocycles. The van der Waals surface area contributed by atoms with Gasteiger partial charge in [0.1, 0.15) is 0 Å². The SMILES string of the molecule is Cc1cc(C(C)C)nc(-c2ccccc2N)n1. The van der Waals surface area contributed by atoms with Gasteiger partial charge in [0.05, 0.1) is 0 Å². The van der Waals surface area contributed by atoms with Crippen LogP contribution in [0.1, 0.15) is 31.2 Å². The van der Waals surface area contributed by atoms with Crippen molar-refractivity contribution >= 4 is 5.69 Å². The number of para-hydroxylation sites is 1. The van der Waals surface area contributed by atoms with Crippen LogP contribution < -0.4 is 5.73 Å². The van der Waals surface area contributed by atoms with E-state index in [4.69, 9.17) is 5.73 Å². The fourth-order valence-electron chi connectivity index (χ4n) is 1.71. The monoisotopic (exact) mass is 227 g/mol. The molecular weight excluding hydrogens is 210 g/mol. The van der Waals surface area contributed by atoms with Gasteiger partial charge in [0.25, 0.3) is 0 Å². The van der Waals surface area contributed by atoms with E-state index in [0.29, 0.717) is 17.4 Å². The molecule has 0 aliphatic carbocycles. The van der Waals surface area contributed by atoms with Crippen molar-refractivity contribution in [3.63, 3.8) is 0 Å². The Balaban J connectivity index is 2.56. The molecular formula is C14H17N3. The minimum atomic E-state index is 0.389. The molecule has 0 amide bonds. The molecule has 0 aliphatic rings. The number of hydrogen-bond donors (Lipinski definition) is 1. The molecule has 88 valence electrons. The molecule has 3 heteroatoms. The third kappa shape index (κ3) is 2.44. The lowest BCUT2D eigenvalue weighted by atomic mass is 10.1. The average Bonchev–Trinajstić information content (AvgIpc) is 2.28. The summed E-state index contributed by atoms with van der Waals surface area (Å²) in [6.07, 6.45) is 0. The van der Waals surface area contributed by atoms with Crippen LogP contribution in [0.5, 0.6) is 0 Å². The van der Waals surface area contributed by atoms with Crippen molar-refractivity contribution in [3.8, 4) is 11.4 Å². The van der Waals surface area contributed by atoms with Crippen LogP contribution in [0.4, 0.5) is 5.69 Å². The zero-order chi connectivity index (χ0) is 12.4. The maximum absolute atomic E-state index is 5.95. The van der Waals surface area contributed by atoms with Crippen LogP contribution in [-0.4, -0.2) is 9.97 Å². The number of anilines is 1. The number of hydrogen-bond acceptors (Lipinski definition) is 3. The van der Waals surface area contributed by atoms with E-state index in [-0.39, 0.29) is 0 Å². The molecule has 0 spiro atoms. The van der Waals surface area contributed by atoms with Crippen molar-refractivity contribution in [2.75, 3.05) is 5.73 Å². The maximum Gasteiger partial charge on any atom is 0.161 e. The van der Waals surface area contributed by atoms with E-state index in [1.165, 1.54) is 0 Å². The van der Waals surface area contributed by atoms with Gasteiger partial charge in [0.2, 0.25) is 0 Å². The molecule has 17 heavy (non-hydrogen) atoms. The Bertz CT molecular complexity index is 533. The highest BCUT2D eigenvalue weighted by molar-refractivity contribution is 5.71. The number of nitrogen functional groups attached to an aromatic ring is 1. The summed E-state index contributed by atoms with van der Waals surface area (Å²) < 4.78 is 0. The van der Waals surface area contributed by atoms with Gasteiger partial charge < -0.3 is 5.73 Å². The summed E-state index contributed by atoms with van der Waals surface area (Å²) in [6, 6.07) is 9.71. The first-order valence-electron chi connectivity index (χ1n) is 5.78. The molecule has 1 heterocycles. The highest BCUT2D eigenvalue weighted by Crippen LogP contribution is 2.24. The van der Waals surface area contributed by atoms with Crippen LogP contribution >= 0.6 is 0 Å². The predicted octanol–water partition coefficient (Wildman–Crippen LogP) is 3.16. The Morgan fingerprint density at radius 2 is 1.82 bits per heavy atom. The summed E-state index contributed by atoms with van der Waals surface area (Å²) in [5.41, 5.74) is 9.59. The van der Waals surface area contributed by atoms with Crippen molar-refractivity contribution in [2.24, 2.45) is 0 Å². The van der Waals surface area contributed by atoms with E-state index in [1.807, 2.05) is 37.3 Å². The highest BCUT2D eigenvalue weighted by Gasteiger charge is 2.09. The Morgan fingerprint density at radius 1 is 1.12 bits per heavy atom. The molecule has 0 radical (unpaired) electrons. The number of aryl methyl sites for hydroxylation is 1. The van der Waals surface area contributed by atoms with Gasteiger partial charge >= 0.3 is 0 Å². The van der Waals surface area contributed by atoms with Gasteiger partial charge in [0, 0.05) is 22.6 Å². The van der Waals surface area contributed by atoms with Gasteiger partial charge in [0.15, 0.2) is 5.82 Å². The fraction of sp³-hybridized carbons (Fsp3) is 0.286. The van der Waals surface area contributed by atoms with Crippen LogP contribution in [0, 0.1) is 6.92 Å². The Kier molecular flexibility index (Phi) is 3.09. The van der Waals surface area contributed by atoms with Crippen molar-refractivity contribution in [1.29, 1.82) is 0 Å². The number of rotatable bonds is 2. The van der Waals surface area contributed by atoms with Crippen LogP contribution in [0.15, 0.2) is 30.3 Å². The first-order chi connectivity index (χ1) is 8.08. The minimum Gasteiger partial charge on any atom is -0.398 e. The quantitative estimate of drug-likeness (QED) is 0.802. The zero-order valence-electron chi connectivity index (χ0n) is 10.4. The average molecular weight is 227 g/mol. The summed E-state index contributed by atoms with van der Waals surface area (Å²) in [5.74, 6) is 1.10. The van der Waals surface area contributed by atoms with E-state index in [1.54, 1.807) is 0 Å². The van der Waals surface area contributed by atoms with Gasteiger partial charge in [-0.25, -0.2) is 9.97 Å². The predicted molar refractivity (Wildman–Crippen MR) is 70.7 cm³/mol. The third-order valence-electron chi connectivity index (χ3n) is 2.67. The molecule has 1 aromatic heterocycles. The van der Waals surface area contributed by atoms with Crippen molar-refractivity contribution in [1.82, 2.24) is 9.97 Å². The van der Waals surface area contributed by atoms with Crippen molar-refractivity contribution < 1.29 is 0 Å². The first kappa shape index (κ1) is 11.6. The Hall–Kier alpha value is -1.90. The molecule has 0 fully saturated rings. The van der Waals surface area contributed by atoms with Gasteiger partial charge in [-0.1, -0.05) is 26.0 Å². The van der Waals surface area contributed by atoms with Crippen molar-refractivity contribution in [3.05, 3.63) is 41.7 Å². The second-order valence-electron chi connectivity index (χ2n) is 4.50. The summed E-state index contributed by atoms with van der Waals surface area (Å²) in [4.78, 5) is 9.03. The summed E-state index contributed by atoms with van der Waals surface area (Å²) >= 11 is 0. The molecule has 0 bridgehead atoms. The number of benzene rings is 1. The summed E-state index contributed by atoms with van der Waals surface area (Å²) in [5, 5.41) is 0. The normalized spacial score (nSPS) is 10.8. The lowest BCUT2D eigenvalue weighted by Gasteiger charge is -2.09. The number of aromatic nitrogens is 2. The molecule has 2 aromatic rings. The van der Waals surface area contributed by atoms with E-state index >= 15 is 0 Å². The van der Waals surface area contributed by atoms with E-state index in [0.717, 1.165) is 17.0 Å². The topological polar surface area (TPSA) is 51.8 Å². The molecule has 2 rings (SSSR count). The standard InChI is InChI=1S/C14H17N3/c1-9(2)13-8-10(3)16-14(17-13)11-6-4-5-7-12(11)15/h4-9H,15H2,1-3H3. The maximum atomic E-state index is 5.95. The Labute approximate surface area is 102 Å². The smallest absolute Gasteiger partial charge is 0.161 e. The van der Waals surface area contributed by atoms with Gasteiger partial charge in [-0.15, -0.1) is 0 Å². The molecule has 0 aliphatic heterocycles.